The first-order chi connectivity index (χ1) is 7.22. The molecule has 0 saturated carbocycles. The lowest BCUT2D eigenvalue weighted by Gasteiger charge is -2.15. The largest absolute Gasteiger partial charge is 0.496 e. The zero-order valence-corrected chi connectivity index (χ0v) is 8.52. The van der Waals surface area contributed by atoms with Crippen LogP contribution in [0.25, 0.3) is 0 Å². The molecule has 0 radical (unpaired) electrons. The van der Waals surface area contributed by atoms with Gasteiger partial charge in [0.2, 0.25) is 0 Å². The molecule has 0 bridgehead atoms. The molecule has 0 amide bonds. The summed E-state index contributed by atoms with van der Waals surface area (Å²) < 4.78 is 31.1. The van der Waals surface area contributed by atoms with Crippen LogP contribution in [0, 0.1) is 11.6 Å². The molecule has 2 nitrogen and oxygen atoms in total. The van der Waals surface area contributed by atoms with Crippen LogP contribution in [0.2, 0.25) is 0 Å². The first kappa shape index (κ1) is 10.4. The predicted molar refractivity (Wildman–Crippen MR) is 52.9 cm³/mol. The minimum atomic E-state index is -0.867. The number of methoxy groups -OCH3 is 1. The third-order valence-corrected chi connectivity index (χ3v) is 2.71. The number of ether oxygens (including phenoxy) is 1. The molecule has 1 heterocycles. The smallest absolute Gasteiger partial charge is 0.162 e. The molecule has 4 heteroatoms. The highest BCUT2D eigenvalue weighted by atomic mass is 19.2. The van der Waals surface area contributed by atoms with Crippen LogP contribution in [0.15, 0.2) is 12.1 Å². The zero-order valence-electron chi connectivity index (χ0n) is 8.52. The molecule has 82 valence electrons. The summed E-state index contributed by atoms with van der Waals surface area (Å²) in [5.41, 5.74) is 0.703. The lowest BCUT2D eigenvalue weighted by Crippen LogP contribution is -2.14. The Morgan fingerprint density at radius 1 is 1.33 bits per heavy atom. The van der Waals surface area contributed by atoms with Crippen molar-refractivity contribution in [3.05, 3.63) is 29.3 Å². The van der Waals surface area contributed by atoms with Gasteiger partial charge in [0.25, 0.3) is 0 Å². The monoisotopic (exact) mass is 213 g/mol. The number of hydrogen-bond donors (Lipinski definition) is 1. The SMILES string of the molecule is COc1cc(F)c(F)cc1[C@H]1CCCN1. The maximum atomic E-state index is 13.1. The Hall–Kier alpha value is -1.16. The van der Waals surface area contributed by atoms with Crippen LogP contribution in [0.5, 0.6) is 5.75 Å². The highest BCUT2D eigenvalue weighted by Gasteiger charge is 2.21. The van der Waals surface area contributed by atoms with Gasteiger partial charge in [-0.2, -0.15) is 0 Å². The standard InChI is InChI=1S/C11H13F2NO/c1-15-11-6-9(13)8(12)5-7(11)10-3-2-4-14-10/h5-6,10,14H,2-4H2,1H3/t10-/m1/s1. The van der Waals surface area contributed by atoms with Crippen LogP contribution < -0.4 is 10.1 Å². The van der Waals surface area contributed by atoms with Crippen LogP contribution in [-0.4, -0.2) is 13.7 Å². The van der Waals surface area contributed by atoms with E-state index in [9.17, 15) is 8.78 Å². The average molecular weight is 213 g/mol. The molecule has 15 heavy (non-hydrogen) atoms. The van der Waals surface area contributed by atoms with Gasteiger partial charge in [0, 0.05) is 17.7 Å². The Balaban J connectivity index is 2.39. The van der Waals surface area contributed by atoms with E-state index in [0.29, 0.717) is 11.3 Å². The Morgan fingerprint density at radius 3 is 2.67 bits per heavy atom. The van der Waals surface area contributed by atoms with Gasteiger partial charge in [0.1, 0.15) is 5.75 Å². The Kier molecular flexibility index (Phi) is 2.86. The highest BCUT2D eigenvalue weighted by molar-refractivity contribution is 5.37. The van der Waals surface area contributed by atoms with Gasteiger partial charge in [-0.05, 0) is 25.5 Å². The van der Waals surface area contributed by atoms with Crippen molar-refractivity contribution in [2.75, 3.05) is 13.7 Å². The van der Waals surface area contributed by atoms with Gasteiger partial charge in [-0.25, -0.2) is 8.78 Å². The second-order valence-corrected chi connectivity index (χ2v) is 3.66. The summed E-state index contributed by atoms with van der Waals surface area (Å²) in [6.45, 7) is 0.910. The third kappa shape index (κ3) is 1.95. The van der Waals surface area contributed by atoms with E-state index in [0.717, 1.165) is 25.5 Å². The fourth-order valence-electron chi connectivity index (χ4n) is 1.94. The molecule has 0 aromatic heterocycles. The van der Waals surface area contributed by atoms with E-state index >= 15 is 0 Å². The molecular formula is C11H13F2NO. The topological polar surface area (TPSA) is 21.3 Å². The van der Waals surface area contributed by atoms with Gasteiger partial charge in [-0.1, -0.05) is 0 Å². The van der Waals surface area contributed by atoms with Gasteiger partial charge in [0.15, 0.2) is 11.6 Å². The Labute approximate surface area is 87.2 Å². The van der Waals surface area contributed by atoms with Gasteiger partial charge >= 0.3 is 0 Å². The fraction of sp³-hybridized carbons (Fsp3) is 0.455. The third-order valence-electron chi connectivity index (χ3n) is 2.71. The van der Waals surface area contributed by atoms with Crippen LogP contribution in [0.3, 0.4) is 0 Å². The first-order valence-electron chi connectivity index (χ1n) is 4.98. The quantitative estimate of drug-likeness (QED) is 0.814. The number of hydrogen-bond acceptors (Lipinski definition) is 2. The number of rotatable bonds is 2. The van der Waals surface area contributed by atoms with Crippen LogP contribution >= 0.6 is 0 Å². The molecule has 0 unspecified atom stereocenters. The van der Waals surface area contributed by atoms with Crippen molar-refractivity contribution in [3.8, 4) is 5.75 Å². The van der Waals surface area contributed by atoms with Crippen molar-refractivity contribution >= 4 is 0 Å². The molecule has 0 spiro atoms. The van der Waals surface area contributed by atoms with E-state index in [1.54, 1.807) is 0 Å². The Morgan fingerprint density at radius 2 is 2.07 bits per heavy atom. The van der Waals surface area contributed by atoms with Gasteiger partial charge in [-0.15, -0.1) is 0 Å². The van der Waals surface area contributed by atoms with Crippen molar-refractivity contribution in [2.45, 2.75) is 18.9 Å². The van der Waals surface area contributed by atoms with E-state index < -0.39 is 11.6 Å². The molecule has 1 atom stereocenters. The van der Waals surface area contributed by atoms with Gasteiger partial charge in [0.05, 0.1) is 7.11 Å². The first-order valence-corrected chi connectivity index (χ1v) is 4.98. The lowest BCUT2D eigenvalue weighted by atomic mass is 10.0. The zero-order chi connectivity index (χ0) is 10.8. The number of halogens is 2. The molecule has 1 aromatic rings. The van der Waals surface area contributed by atoms with E-state index in [-0.39, 0.29) is 6.04 Å². The van der Waals surface area contributed by atoms with Gasteiger partial charge < -0.3 is 10.1 Å². The second kappa shape index (κ2) is 4.14. The van der Waals surface area contributed by atoms with Crippen molar-refractivity contribution in [1.82, 2.24) is 5.32 Å². The summed E-state index contributed by atoms with van der Waals surface area (Å²) in [7, 11) is 1.46. The van der Waals surface area contributed by atoms with Crippen LogP contribution in [0.1, 0.15) is 24.4 Å². The normalized spacial score (nSPS) is 20.6. The maximum Gasteiger partial charge on any atom is 0.162 e. The van der Waals surface area contributed by atoms with Crippen LogP contribution in [0.4, 0.5) is 8.78 Å². The van der Waals surface area contributed by atoms with E-state index in [1.807, 2.05) is 0 Å². The molecule has 2 rings (SSSR count). The van der Waals surface area contributed by atoms with Gasteiger partial charge in [-0.3, -0.25) is 0 Å². The van der Waals surface area contributed by atoms with E-state index in [4.69, 9.17) is 4.74 Å². The van der Waals surface area contributed by atoms with Crippen molar-refractivity contribution in [1.29, 1.82) is 0 Å². The molecule has 1 aliphatic heterocycles. The second-order valence-electron chi connectivity index (χ2n) is 3.66. The van der Waals surface area contributed by atoms with E-state index in [1.165, 1.54) is 13.2 Å². The molecule has 0 aliphatic carbocycles. The van der Waals surface area contributed by atoms with E-state index in [2.05, 4.69) is 5.32 Å². The summed E-state index contributed by atoms with van der Waals surface area (Å²) in [5, 5.41) is 3.23. The van der Waals surface area contributed by atoms with Crippen molar-refractivity contribution in [2.24, 2.45) is 0 Å². The van der Waals surface area contributed by atoms with Crippen LogP contribution in [-0.2, 0) is 0 Å². The number of benzene rings is 1. The minimum absolute atomic E-state index is 0.0787. The maximum absolute atomic E-state index is 13.1. The molecule has 1 aromatic carbocycles. The average Bonchev–Trinajstić information content (AvgIpc) is 2.74. The molecular weight excluding hydrogens is 200 g/mol. The summed E-state index contributed by atoms with van der Waals surface area (Å²) >= 11 is 0. The minimum Gasteiger partial charge on any atom is -0.496 e. The Bertz CT molecular complexity index is 362. The predicted octanol–water partition coefficient (Wildman–Crippen LogP) is 2.40. The van der Waals surface area contributed by atoms with Crippen molar-refractivity contribution in [3.63, 3.8) is 0 Å². The summed E-state index contributed by atoms with van der Waals surface area (Å²) in [5.74, 6) is -1.28. The van der Waals surface area contributed by atoms with Crippen molar-refractivity contribution < 1.29 is 13.5 Å². The summed E-state index contributed by atoms with van der Waals surface area (Å²) in [4.78, 5) is 0. The summed E-state index contributed by atoms with van der Waals surface area (Å²) in [6, 6.07) is 2.40. The molecule has 1 N–H and O–H groups in total. The lowest BCUT2D eigenvalue weighted by molar-refractivity contribution is 0.394. The highest BCUT2D eigenvalue weighted by Crippen LogP contribution is 2.32. The fourth-order valence-corrected chi connectivity index (χ4v) is 1.94. The molecule has 1 saturated heterocycles. The summed E-state index contributed by atoms with van der Waals surface area (Å²) in [6.07, 6.45) is 1.98. The molecule has 1 fully saturated rings. The number of nitrogens with one attached hydrogen (secondary N) is 1. The molecule has 1 aliphatic rings.